The van der Waals surface area contributed by atoms with E-state index >= 15 is 0 Å². The molecule has 0 unspecified atom stereocenters. The summed E-state index contributed by atoms with van der Waals surface area (Å²) in [6.07, 6.45) is 1.80. The molecule has 96 valence electrons. The van der Waals surface area contributed by atoms with Crippen molar-refractivity contribution in [2.45, 2.75) is 13.5 Å². The molecule has 0 aliphatic rings. The molecule has 0 radical (unpaired) electrons. The van der Waals surface area contributed by atoms with Crippen LogP contribution in [0.3, 0.4) is 0 Å². The van der Waals surface area contributed by atoms with E-state index in [1.54, 1.807) is 28.2 Å². The molecule has 1 aromatic carbocycles. The summed E-state index contributed by atoms with van der Waals surface area (Å²) >= 11 is 7.52. The summed E-state index contributed by atoms with van der Waals surface area (Å²) in [5.74, 6) is 0. The summed E-state index contributed by atoms with van der Waals surface area (Å²) < 4.78 is 2.74. The molecule has 5 heteroatoms. The lowest BCUT2D eigenvalue weighted by molar-refractivity contribution is 0.753. The molecular weight excluding hydrogens is 280 g/mol. The average molecular weight is 291 g/mol. The van der Waals surface area contributed by atoms with Gasteiger partial charge in [0.25, 0.3) is 5.56 Å². The third-order valence-electron chi connectivity index (χ3n) is 2.85. The largest absolute Gasteiger partial charge is 0.309 e. The van der Waals surface area contributed by atoms with Crippen LogP contribution in [0.5, 0.6) is 0 Å². The maximum absolute atomic E-state index is 11.8. The predicted octanol–water partition coefficient (Wildman–Crippen LogP) is 3.47. The van der Waals surface area contributed by atoms with Crippen molar-refractivity contribution in [1.29, 1.82) is 0 Å². The van der Waals surface area contributed by atoms with E-state index in [9.17, 15) is 4.79 Å². The molecule has 0 aliphatic carbocycles. The van der Waals surface area contributed by atoms with Gasteiger partial charge in [0.05, 0.1) is 16.8 Å². The Morgan fingerprint density at radius 1 is 1.32 bits per heavy atom. The first kappa shape index (κ1) is 12.4. The van der Waals surface area contributed by atoms with Crippen molar-refractivity contribution in [3.8, 4) is 0 Å². The number of pyridine rings is 1. The quantitative estimate of drug-likeness (QED) is 0.724. The number of halogens is 1. The molecule has 0 N–H and O–H groups in total. The van der Waals surface area contributed by atoms with Crippen LogP contribution in [0, 0.1) is 6.92 Å². The third kappa shape index (κ3) is 2.55. The second-order valence-electron chi connectivity index (χ2n) is 4.39. The SMILES string of the molecule is Cc1ccn(Cc2nc3cc(Cl)ccc3s2)c(=O)c1. The van der Waals surface area contributed by atoms with Gasteiger partial charge in [-0.2, -0.15) is 0 Å². The molecule has 19 heavy (non-hydrogen) atoms. The smallest absolute Gasteiger partial charge is 0.251 e. The summed E-state index contributed by atoms with van der Waals surface area (Å²) in [6, 6.07) is 9.20. The van der Waals surface area contributed by atoms with Crippen molar-refractivity contribution in [2.75, 3.05) is 0 Å². The Labute approximate surface area is 119 Å². The van der Waals surface area contributed by atoms with Gasteiger partial charge in [-0.1, -0.05) is 11.6 Å². The number of hydrogen-bond donors (Lipinski definition) is 0. The highest BCUT2D eigenvalue weighted by atomic mass is 35.5. The highest BCUT2D eigenvalue weighted by Crippen LogP contribution is 2.25. The van der Waals surface area contributed by atoms with Crippen LogP contribution in [0.25, 0.3) is 10.2 Å². The van der Waals surface area contributed by atoms with Crippen LogP contribution in [-0.2, 0) is 6.54 Å². The summed E-state index contributed by atoms with van der Waals surface area (Å²) in [7, 11) is 0. The van der Waals surface area contributed by atoms with Gasteiger partial charge < -0.3 is 4.57 Å². The van der Waals surface area contributed by atoms with Crippen LogP contribution in [0.15, 0.2) is 41.3 Å². The predicted molar refractivity (Wildman–Crippen MR) is 79.2 cm³/mol. The van der Waals surface area contributed by atoms with E-state index in [2.05, 4.69) is 4.98 Å². The van der Waals surface area contributed by atoms with Crippen molar-refractivity contribution in [2.24, 2.45) is 0 Å². The molecule has 0 atom stereocenters. The molecule has 0 fully saturated rings. The molecule has 2 heterocycles. The Balaban J connectivity index is 1.99. The van der Waals surface area contributed by atoms with Gasteiger partial charge >= 0.3 is 0 Å². The van der Waals surface area contributed by atoms with Crippen molar-refractivity contribution >= 4 is 33.2 Å². The molecule has 0 saturated heterocycles. The van der Waals surface area contributed by atoms with Crippen molar-refractivity contribution < 1.29 is 0 Å². The molecule has 0 spiro atoms. The van der Waals surface area contributed by atoms with Gasteiger partial charge in [0.1, 0.15) is 5.01 Å². The van der Waals surface area contributed by atoms with Gasteiger partial charge in [-0.3, -0.25) is 4.79 Å². The van der Waals surface area contributed by atoms with Crippen LogP contribution >= 0.6 is 22.9 Å². The molecular formula is C14H11ClN2OS. The summed E-state index contributed by atoms with van der Waals surface area (Å²) in [6.45, 7) is 2.40. The number of rotatable bonds is 2. The average Bonchev–Trinajstić information content (AvgIpc) is 2.74. The molecule has 3 nitrogen and oxygen atoms in total. The lowest BCUT2D eigenvalue weighted by atomic mass is 10.3. The topological polar surface area (TPSA) is 34.9 Å². The highest BCUT2D eigenvalue weighted by molar-refractivity contribution is 7.18. The summed E-state index contributed by atoms with van der Waals surface area (Å²) in [5.41, 5.74) is 1.85. The summed E-state index contributed by atoms with van der Waals surface area (Å²) in [4.78, 5) is 16.3. The van der Waals surface area contributed by atoms with E-state index in [0.717, 1.165) is 20.8 Å². The number of thiazole rings is 1. The monoisotopic (exact) mass is 290 g/mol. The molecule has 3 rings (SSSR count). The Kier molecular flexibility index (Phi) is 3.12. The first-order valence-corrected chi connectivity index (χ1v) is 7.03. The van der Waals surface area contributed by atoms with E-state index < -0.39 is 0 Å². The second-order valence-corrected chi connectivity index (χ2v) is 5.94. The first-order valence-electron chi connectivity index (χ1n) is 5.84. The van der Waals surface area contributed by atoms with E-state index in [-0.39, 0.29) is 5.56 Å². The Hall–Kier alpha value is -1.65. The van der Waals surface area contributed by atoms with Gasteiger partial charge in [-0.25, -0.2) is 4.98 Å². The van der Waals surface area contributed by atoms with Crippen molar-refractivity contribution in [3.63, 3.8) is 0 Å². The lowest BCUT2D eigenvalue weighted by Crippen LogP contribution is -2.19. The maximum Gasteiger partial charge on any atom is 0.251 e. The highest BCUT2D eigenvalue weighted by Gasteiger charge is 2.06. The fourth-order valence-corrected chi connectivity index (χ4v) is 3.01. The zero-order valence-electron chi connectivity index (χ0n) is 10.3. The third-order valence-corrected chi connectivity index (χ3v) is 4.11. The van der Waals surface area contributed by atoms with Gasteiger partial charge in [-0.15, -0.1) is 11.3 Å². The van der Waals surface area contributed by atoms with E-state index in [1.165, 1.54) is 0 Å². The van der Waals surface area contributed by atoms with E-state index in [0.29, 0.717) is 11.6 Å². The second kappa shape index (κ2) is 4.79. The van der Waals surface area contributed by atoms with Crippen molar-refractivity contribution in [3.05, 3.63) is 62.5 Å². The van der Waals surface area contributed by atoms with Gasteiger partial charge in [0, 0.05) is 17.3 Å². The zero-order chi connectivity index (χ0) is 13.4. The van der Waals surface area contributed by atoms with Crippen LogP contribution in [-0.4, -0.2) is 9.55 Å². The molecule has 0 saturated carbocycles. The minimum Gasteiger partial charge on any atom is -0.309 e. The van der Waals surface area contributed by atoms with Gasteiger partial charge in [0.15, 0.2) is 0 Å². The van der Waals surface area contributed by atoms with Crippen molar-refractivity contribution in [1.82, 2.24) is 9.55 Å². The minimum atomic E-state index is -0.00251. The fraction of sp³-hybridized carbons (Fsp3) is 0.143. The number of fused-ring (bicyclic) bond motifs is 1. The maximum atomic E-state index is 11.8. The first-order chi connectivity index (χ1) is 9.11. The number of benzene rings is 1. The van der Waals surface area contributed by atoms with Crippen LogP contribution in [0.1, 0.15) is 10.6 Å². The minimum absolute atomic E-state index is 0.00251. The molecule has 3 aromatic rings. The number of nitrogens with zero attached hydrogens (tertiary/aromatic N) is 2. The van der Waals surface area contributed by atoms with E-state index in [1.807, 2.05) is 31.2 Å². The summed E-state index contributed by atoms with van der Waals surface area (Å²) in [5, 5.41) is 1.58. The van der Waals surface area contributed by atoms with E-state index in [4.69, 9.17) is 11.6 Å². The normalized spacial score (nSPS) is 11.1. The molecule has 0 aliphatic heterocycles. The molecule has 0 amide bonds. The lowest BCUT2D eigenvalue weighted by Gasteiger charge is -2.02. The molecule has 0 bridgehead atoms. The fourth-order valence-electron chi connectivity index (χ4n) is 1.90. The number of aryl methyl sites for hydroxylation is 1. The zero-order valence-corrected chi connectivity index (χ0v) is 11.8. The van der Waals surface area contributed by atoms with Crippen LogP contribution in [0.2, 0.25) is 5.02 Å². The Morgan fingerprint density at radius 3 is 2.95 bits per heavy atom. The number of hydrogen-bond acceptors (Lipinski definition) is 3. The van der Waals surface area contributed by atoms with Crippen LogP contribution < -0.4 is 5.56 Å². The standard InChI is InChI=1S/C14H11ClN2OS/c1-9-4-5-17(14(18)6-9)8-13-16-11-7-10(15)2-3-12(11)19-13/h2-7H,8H2,1H3. The van der Waals surface area contributed by atoms with Crippen LogP contribution in [0.4, 0.5) is 0 Å². The molecule has 2 aromatic heterocycles. The Morgan fingerprint density at radius 2 is 2.16 bits per heavy atom. The van der Waals surface area contributed by atoms with Gasteiger partial charge in [-0.05, 0) is 36.8 Å². The number of aromatic nitrogens is 2. The van der Waals surface area contributed by atoms with Gasteiger partial charge in [0.2, 0.25) is 0 Å². The Bertz CT molecular complexity index is 807.